The molecule has 0 saturated carbocycles. The van der Waals surface area contributed by atoms with Crippen molar-refractivity contribution in [2.75, 3.05) is 39.6 Å². The third-order valence-corrected chi connectivity index (χ3v) is 19.4. The molecule has 5 unspecified atom stereocenters. The summed E-state index contributed by atoms with van der Waals surface area (Å²) in [5.41, 5.74) is 0. The van der Waals surface area contributed by atoms with Gasteiger partial charge in [0.15, 0.2) is 12.2 Å². The minimum absolute atomic E-state index is 0.0796. The van der Waals surface area contributed by atoms with Gasteiger partial charge in [-0.2, -0.15) is 0 Å². The summed E-state index contributed by atoms with van der Waals surface area (Å²) in [4.78, 5) is 73.0. The first-order valence-electron chi connectivity index (χ1n) is 40.5. The molecule has 0 aliphatic heterocycles. The molecule has 0 heterocycles. The number of esters is 4. The molecule has 0 aliphatic rings. The monoisotopic (exact) mass is 1460 g/mol. The van der Waals surface area contributed by atoms with Crippen molar-refractivity contribution in [2.45, 2.75) is 393 Å². The third-order valence-electron chi connectivity index (χ3n) is 17.5. The van der Waals surface area contributed by atoms with Gasteiger partial charge in [0, 0.05) is 25.7 Å². The predicted molar refractivity (Wildman–Crippen MR) is 409 cm³/mol. The lowest BCUT2D eigenvalue weighted by atomic mass is 10.0. The number of rotatable bonds is 77. The summed E-state index contributed by atoms with van der Waals surface area (Å²) in [6, 6.07) is 0. The highest BCUT2D eigenvalue weighted by atomic mass is 31.2. The first-order valence-corrected chi connectivity index (χ1v) is 43.5. The number of aliphatic hydroxyl groups is 1. The molecule has 0 aliphatic carbocycles. The molecule has 0 aromatic rings. The Kier molecular flexibility index (Phi) is 71.6. The van der Waals surface area contributed by atoms with E-state index in [1.54, 1.807) is 0 Å². The molecule has 0 aromatic carbocycles. The summed E-state index contributed by atoms with van der Waals surface area (Å²) < 4.78 is 68.6. The summed E-state index contributed by atoms with van der Waals surface area (Å²) >= 11 is 0. The maximum Gasteiger partial charge on any atom is 0.472 e. The Morgan fingerprint density at radius 1 is 0.290 bits per heavy atom. The fourth-order valence-corrected chi connectivity index (χ4v) is 12.9. The minimum Gasteiger partial charge on any atom is -0.462 e. The fraction of sp³-hybridized carbons (Fsp3) is 0.827. The molecular weight excluding hydrogens is 1310 g/mol. The Morgan fingerprint density at radius 2 is 0.520 bits per heavy atom. The van der Waals surface area contributed by atoms with Crippen molar-refractivity contribution in [3.63, 3.8) is 0 Å². The van der Waals surface area contributed by atoms with E-state index in [1.165, 1.54) is 173 Å². The SMILES string of the molecule is CC/C=C\C/C=C\C/C=C\C/C=C\CCCCC(=O)OCC(COP(=O)(O)OCC(O)COP(=O)(O)OCC(COC(=O)CCCCCCCCCCCCCCCCC)OC(=O)CCCCCCCCCCCCCCCCC)OC(=O)CCCCCCC/C=C\CCCCCCCC. The van der Waals surface area contributed by atoms with E-state index in [-0.39, 0.29) is 25.7 Å². The average Bonchev–Trinajstić information content (AvgIpc) is 1.01. The zero-order chi connectivity index (χ0) is 73.2. The van der Waals surface area contributed by atoms with Crippen LogP contribution in [-0.4, -0.2) is 96.7 Å². The quantitative estimate of drug-likeness (QED) is 0.0169. The number of phosphoric acid groups is 2. The van der Waals surface area contributed by atoms with E-state index in [0.717, 1.165) is 122 Å². The molecular formula is C81H148O17P2. The van der Waals surface area contributed by atoms with E-state index >= 15 is 0 Å². The highest BCUT2D eigenvalue weighted by Gasteiger charge is 2.30. The van der Waals surface area contributed by atoms with Crippen LogP contribution in [0.5, 0.6) is 0 Å². The molecule has 0 aromatic heterocycles. The average molecular weight is 1460 g/mol. The van der Waals surface area contributed by atoms with Crippen LogP contribution < -0.4 is 0 Å². The number of carbonyl (C=O) groups is 4. The standard InChI is InChI=1S/C81H148O17P2/c1-5-9-13-17-21-25-29-33-37-41-45-49-53-57-61-65-78(83)91-71-76(97-80(85)67-63-59-55-51-47-43-39-35-31-27-23-19-15-11-7-3)73-95-99(87,88)93-69-75(82)70-94-100(89,90)96-74-77(98-81(86)68-64-60-56-52-48-44-40-36-32-28-24-20-16-12-8-4)72-92-79(84)66-62-58-54-50-46-42-38-34-30-26-22-18-14-10-6-2/h9,13,21,25,33,35,37,39,45,49,75-77,82H,5-8,10-12,14-20,22-24,26-32,34,36,38,40-44,46-48,50-74H2,1-4H3,(H,87,88)(H,89,90)/b13-9-,25-21-,37-33-,39-35-,49-45-. The second-order valence-corrected chi connectivity index (χ2v) is 30.3. The van der Waals surface area contributed by atoms with Crippen LogP contribution in [0.4, 0.5) is 0 Å². The molecule has 19 heteroatoms. The predicted octanol–water partition coefficient (Wildman–Crippen LogP) is 23.5. The Hall–Kier alpha value is -3.24. The maximum atomic E-state index is 13.1. The van der Waals surface area contributed by atoms with Crippen molar-refractivity contribution in [3.8, 4) is 0 Å². The molecule has 5 atom stereocenters. The lowest BCUT2D eigenvalue weighted by molar-refractivity contribution is -0.161. The first-order chi connectivity index (χ1) is 48.7. The van der Waals surface area contributed by atoms with Crippen molar-refractivity contribution < 1.29 is 80.2 Å². The Bertz CT molecular complexity index is 2130. The van der Waals surface area contributed by atoms with Gasteiger partial charge in [0.05, 0.1) is 26.4 Å². The van der Waals surface area contributed by atoms with E-state index < -0.39 is 97.5 Å². The molecule has 584 valence electrons. The van der Waals surface area contributed by atoms with Crippen LogP contribution in [-0.2, 0) is 65.4 Å². The molecule has 3 N–H and O–H groups in total. The topological polar surface area (TPSA) is 237 Å². The number of unbranched alkanes of at least 4 members (excludes halogenated alkanes) is 41. The summed E-state index contributed by atoms with van der Waals surface area (Å²) in [5, 5.41) is 10.6. The number of carbonyl (C=O) groups excluding carboxylic acids is 4. The van der Waals surface area contributed by atoms with Crippen molar-refractivity contribution in [1.82, 2.24) is 0 Å². The number of hydrogen-bond acceptors (Lipinski definition) is 15. The van der Waals surface area contributed by atoms with Crippen LogP contribution in [0.2, 0.25) is 0 Å². The highest BCUT2D eigenvalue weighted by Crippen LogP contribution is 2.45. The van der Waals surface area contributed by atoms with Gasteiger partial charge in [0.1, 0.15) is 19.3 Å². The van der Waals surface area contributed by atoms with E-state index in [2.05, 4.69) is 88.5 Å². The molecule has 0 spiro atoms. The summed E-state index contributed by atoms with van der Waals surface area (Å²) in [6.07, 6.45) is 73.4. The highest BCUT2D eigenvalue weighted by molar-refractivity contribution is 7.47. The second-order valence-electron chi connectivity index (χ2n) is 27.3. The first kappa shape index (κ1) is 96.8. The number of hydrogen-bond donors (Lipinski definition) is 3. The summed E-state index contributed by atoms with van der Waals surface area (Å²) in [7, 11) is -9.95. The van der Waals surface area contributed by atoms with Crippen LogP contribution in [0.25, 0.3) is 0 Å². The molecule has 0 rings (SSSR count). The van der Waals surface area contributed by atoms with Gasteiger partial charge < -0.3 is 33.8 Å². The zero-order valence-corrected chi connectivity index (χ0v) is 65.7. The zero-order valence-electron chi connectivity index (χ0n) is 63.9. The smallest absolute Gasteiger partial charge is 0.462 e. The maximum absolute atomic E-state index is 13.1. The van der Waals surface area contributed by atoms with Crippen LogP contribution in [0.15, 0.2) is 60.8 Å². The van der Waals surface area contributed by atoms with Gasteiger partial charge in [-0.1, -0.05) is 320 Å². The molecule has 17 nitrogen and oxygen atoms in total. The normalized spacial score (nSPS) is 14.2. The molecule has 0 saturated heterocycles. The number of ether oxygens (including phenoxy) is 4. The third kappa shape index (κ3) is 73.1. The second kappa shape index (κ2) is 74.0. The van der Waals surface area contributed by atoms with E-state index in [4.69, 9.17) is 37.0 Å². The largest absolute Gasteiger partial charge is 0.472 e. The van der Waals surface area contributed by atoms with Gasteiger partial charge in [-0.3, -0.25) is 37.3 Å². The van der Waals surface area contributed by atoms with Crippen LogP contribution in [0.1, 0.15) is 374 Å². The number of phosphoric ester groups is 2. The molecule has 0 bridgehead atoms. The van der Waals surface area contributed by atoms with Crippen molar-refractivity contribution >= 4 is 39.5 Å². The van der Waals surface area contributed by atoms with Crippen LogP contribution >= 0.6 is 15.6 Å². The summed E-state index contributed by atoms with van der Waals surface area (Å²) in [5.74, 6) is -2.19. The lowest BCUT2D eigenvalue weighted by Crippen LogP contribution is -2.30. The molecule has 0 radical (unpaired) electrons. The number of aliphatic hydroxyl groups excluding tert-OH is 1. The van der Waals surface area contributed by atoms with E-state index in [1.807, 2.05) is 0 Å². The number of allylic oxidation sites excluding steroid dienone is 10. The van der Waals surface area contributed by atoms with Crippen LogP contribution in [0, 0.1) is 0 Å². The Balaban J connectivity index is 5.35. The van der Waals surface area contributed by atoms with Crippen LogP contribution in [0.3, 0.4) is 0 Å². The van der Waals surface area contributed by atoms with E-state index in [0.29, 0.717) is 25.7 Å². The molecule has 0 fully saturated rings. The van der Waals surface area contributed by atoms with Crippen molar-refractivity contribution in [2.24, 2.45) is 0 Å². The van der Waals surface area contributed by atoms with Gasteiger partial charge in [-0.15, -0.1) is 0 Å². The Labute approximate surface area is 610 Å². The summed E-state index contributed by atoms with van der Waals surface area (Å²) in [6.45, 7) is 4.79. The Morgan fingerprint density at radius 3 is 0.830 bits per heavy atom. The van der Waals surface area contributed by atoms with Crippen molar-refractivity contribution in [3.05, 3.63) is 60.8 Å². The van der Waals surface area contributed by atoms with Gasteiger partial charge >= 0.3 is 39.5 Å². The lowest BCUT2D eigenvalue weighted by Gasteiger charge is -2.21. The van der Waals surface area contributed by atoms with Gasteiger partial charge in [-0.25, -0.2) is 9.13 Å². The molecule has 100 heavy (non-hydrogen) atoms. The molecule has 0 amide bonds. The van der Waals surface area contributed by atoms with Gasteiger partial charge in [-0.05, 0) is 89.9 Å². The minimum atomic E-state index is -4.98. The van der Waals surface area contributed by atoms with Gasteiger partial charge in [0.25, 0.3) is 0 Å². The van der Waals surface area contributed by atoms with Gasteiger partial charge in [0.2, 0.25) is 0 Å². The fourth-order valence-electron chi connectivity index (χ4n) is 11.3. The van der Waals surface area contributed by atoms with Crippen molar-refractivity contribution in [1.29, 1.82) is 0 Å². The van der Waals surface area contributed by atoms with E-state index in [9.17, 15) is 43.2 Å².